The molecule has 0 saturated carbocycles. The topological polar surface area (TPSA) is 37.8 Å². The molecule has 1 aliphatic carbocycles. The number of hydrogen-bond donors (Lipinski definition) is 1. The van der Waals surface area contributed by atoms with Crippen LogP contribution >= 0.6 is 0 Å². The molecular weight excluding hydrogens is 246 g/mol. The highest BCUT2D eigenvalue weighted by atomic mass is 14.9. The van der Waals surface area contributed by atoms with Gasteiger partial charge in [0.05, 0.1) is 0 Å². The number of nitrogens with zero attached hydrogens (tertiary/aromatic N) is 2. The van der Waals surface area contributed by atoms with Crippen molar-refractivity contribution in [3.63, 3.8) is 0 Å². The van der Waals surface area contributed by atoms with Crippen LogP contribution in [-0.2, 0) is 19.3 Å². The summed E-state index contributed by atoms with van der Waals surface area (Å²) in [4.78, 5) is 9.07. The number of fused-ring (bicyclic) bond motifs is 1. The Morgan fingerprint density at radius 2 is 2.00 bits per heavy atom. The number of aryl methyl sites for hydroxylation is 1. The molecule has 0 spiro atoms. The summed E-state index contributed by atoms with van der Waals surface area (Å²) in [5.41, 5.74) is 4.05. The second-order valence-corrected chi connectivity index (χ2v) is 6.44. The van der Waals surface area contributed by atoms with Crippen molar-refractivity contribution >= 4 is 0 Å². The van der Waals surface area contributed by atoms with Gasteiger partial charge in [-0.15, -0.1) is 0 Å². The van der Waals surface area contributed by atoms with Crippen molar-refractivity contribution < 1.29 is 0 Å². The van der Waals surface area contributed by atoms with Gasteiger partial charge >= 0.3 is 0 Å². The zero-order chi connectivity index (χ0) is 14.4. The molecule has 1 aromatic heterocycles. The summed E-state index contributed by atoms with van der Waals surface area (Å²) in [6.07, 6.45) is 10.1. The first kappa shape index (κ1) is 15.4. The number of aromatic nitrogens is 2. The molecule has 112 valence electrons. The van der Waals surface area contributed by atoms with Gasteiger partial charge < -0.3 is 5.32 Å². The third-order valence-corrected chi connectivity index (χ3v) is 4.09. The maximum atomic E-state index is 4.60. The van der Waals surface area contributed by atoms with Crippen molar-refractivity contribution in [1.29, 1.82) is 0 Å². The Balaban J connectivity index is 2.09. The maximum absolute atomic E-state index is 4.60. The molecule has 1 N–H and O–H groups in total. The number of hydrogen-bond acceptors (Lipinski definition) is 3. The van der Waals surface area contributed by atoms with Crippen LogP contribution in [0.3, 0.4) is 0 Å². The fourth-order valence-corrected chi connectivity index (χ4v) is 3.15. The Hall–Kier alpha value is -0.960. The molecule has 3 heteroatoms. The Bertz CT molecular complexity index is 415. The standard InChI is InChI=1S/C17H29N3/c1-4-9-18-14(10-13(2)3)11-17-15-7-5-6-8-16(15)19-12-20-17/h12-14,18H,4-11H2,1-3H3. The molecule has 0 radical (unpaired) electrons. The van der Waals surface area contributed by atoms with Crippen LogP contribution in [0.4, 0.5) is 0 Å². The predicted molar refractivity (Wildman–Crippen MR) is 83.9 cm³/mol. The largest absolute Gasteiger partial charge is 0.314 e. The van der Waals surface area contributed by atoms with Crippen LogP contribution in [0.5, 0.6) is 0 Å². The Morgan fingerprint density at radius 3 is 2.75 bits per heavy atom. The lowest BCUT2D eigenvalue weighted by molar-refractivity contribution is 0.412. The van der Waals surface area contributed by atoms with Crippen molar-refractivity contribution in [2.24, 2.45) is 5.92 Å². The first-order chi connectivity index (χ1) is 9.70. The van der Waals surface area contributed by atoms with Crippen LogP contribution in [0.25, 0.3) is 0 Å². The predicted octanol–water partition coefficient (Wildman–Crippen LogP) is 3.31. The third kappa shape index (κ3) is 4.27. The molecule has 2 rings (SSSR count). The summed E-state index contributed by atoms with van der Waals surface area (Å²) >= 11 is 0. The van der Waals surface area contributed by atoms with E-state index in [1.54, 1.807) is 6.33 Å². The smallest absolute Gasteiger partial charge is 0.115 e. The van der Waals surface area contributed by atoms with Gasteiger partial charge in [0.25, 0.3) is 0 Å². The van der Waals surface area contributed by atoms with E-state index >= 15 is 0 Å². The van der Waals surface area contributed by atoms with Gasteiger partial charge in [0.2, 0.25) is 0 Å². The highest BCUT2D eigenvalue weighted by Crippen LogP contribution is 2.23. The highest BCUT2D eigenvalue weighted by Gasteiger charge is 2.19. The van der Waals surface area contributed by atoms with Crippen LogP contribution < -0.4 is 5.32 Å². The van der Waals surface area contributed by atoms with Gasteiger partial charge in [-0.1, -0.05) is 20.8 Å². The SMILES string of the molecule is CCCNC(Cc1ncnc2c1CCCC2)CC(C)C. The lowest BCUT2D eigenvalue weighted by Crippen LogP contribution is -2.34. The Labute approximate surface area is 123 Å². The van der Waals surface area contributed by atoms with Gasteiger partial charge in [0.1, 0.15) is 6.33 Å². The summed E-state index contributed by atoms with van der Waals surface area (Å²) in [6.45, 7) is 7.93. The molecule has 1 aromatic rings. The van der Waals surface area contributed by atoms with E-state index in [4.69, 9.17) is 0 Å². The van der Waals surface area contributed by atoms with E-state index in [1.807, 2.05) is 0 Å². The van der Waals surface area contributed by atoms with Gasteiger partial charge in [-0.2, -0.15) is 0 Å². The molecule has 0 aliphatic heterocycles. The minimum Gasteiger partial charge on any atom is -0.314 e. The first-order valence-electron chi connectivity index (χ1n) is 8.25. The Kier molecular flexibility index (Phi) is 5.96. The normalized spacial score (nSPS) is 16.2. The van der Waals surface area contributed by atoms with Gasteiger partial charge in [0.15, 0.2) is 0 Å². The van der Waals surface area contributed by atoms with Crippen molar-refractivity contribution in [3.05, 3.63) is 23.3 Å². The maximum Gasteiger partial charge on any atom is 0.115 e. The molecule has 1 aliphatic rings. The molecule has 0 bridgehead atoms. The number of nitrogens with one attached hydrogen (secondary N) is 1. The quantitative estimate of drug-likeness (QED) is 0.829. The van der Waals surface area contributed by atoms with Crippen LogP contribution in [-0.4, -0.2) is 22.6 Å². The van der Waals surface area contributed by atoms with Crippen molar-refractivity contribution in [1.82, 2.24) is 15.3 Å². The van der Waals surface area contributed by atoms with Crippen LogP contribution in [0.1, 0.15) is 63.4 Å². The van der Waals surface area contributed by atoms with Crippen molar-refractivity contribution in [2.45, 2.75) is 71.8 Å². The molecule has 3 nitrogen and oxygen atoms in total. The number of rotatable bonds is 7. The van der Waals surface area contributed by atoms with Crippen LogP contribution in [0, 0.1) is 5.92 Å². The van der Waals surface area contributed by atoms with Gasteiger partial charge in [-0.05, 0) is 56.6 Å². The average molecular weight is 275 g/mol. The fraction of sp³-hybridized carbons (Fsp3) is 0.765. The monoisotopic (exact) mass is 275 g/mol. The van der Waals surface area contributed by atoms with E-state index in [0.29, 0.717) is 6.04 Å². The van der Waals surface area contributed by atoms with Crippen LogP contribution in [0.15, 0.2) is 6.33 Å². The van der Waals surface area contributed by atoms with Crippen molar-refractivity contribution in [3.8, 4) is 0 Å². The highest BCUT2D eigenvalue weighted by molar-refractivity contribution is 5.27. The molecule has 0 amide bonds. The molecule has 1 unspecified atom stereocenters. The average Bonchev–Trinajstić information content (AvgIpc) is 2.44. The van der Waals surface area contributed by atoms with E-state index in [-0.39, 0.29) is 0 Å². The lowest BCUT2D eigenvalue weighted by Gasteiger charge is -2.23. The van der Waals surface area contributed by atoms with E-state index in [9.17, 15) is 0 Å². The van der Waals surface area contributed by atoms with E-state index < -0.39 is 0 Å². The molecule has 0 fully saturated rings. The minimum atomic E-state index is 0.552. The zero-order valence-corrected chi connectivity index (χ0v) is 13.3. The van der Waals surface area contributed by atoms with E-state index in [2.05, 4.69) is 36.1 Å². The van der Waals surface area contributed by atoms with Gasteiger partial charge in [0, 0.05) is 23.9 Å². The minimum absolute atomic E-state index is 0.552. The van der Waals surface area contributed by atoms with Crippen LogP contribution in [0.2, 0.25) is 0 Å². The summed E-state index contributed by atoms with van der Waals surface area (Å²) in [5.74, 6) is 0.724. The van der Waals surface area contributed by atoms with Crippen molar-refractivity contribution in [2.75, 3.05) is 6.54 Å². The molecule has 0 saturated heterocycles. The van der Waals surface area contributed by atoms with Gasteiger partial charge in [-0.25, -0.2) is 9.97 Å². The molecule has 0 aromatic carbocycles. The first-order valence-corrected chi connectivity index (χ1v) is 8.25. The van der Waals surface area contributed by atoms with Gasteiger partial charge in [-0.3, -0.25) is 0 Å². The fourth-order valence-electron chi connectivity index (χ4n) is 3.15. The second-order valence-electron chi connectivity index (χ2n) is 6.44. The molecular formula is C17H29N3. The van der Waals surface area contributed by atoms with E-state index in [1.165, 1.54) is 49.1 Å². The zero-order valence-electron chi connectivity index (χ0n) is 13.3. The molecule has 1 heterocycles. The third-order valence-electron chi connectivity index (χ3n) is 4.09. The lowest BCUT2D eigenvalue weighted by atomic mass is 9.91. The Morgan fingerprint density at radius 1 is 1.20 bits per heavy atom. The van der Waals surface area contributed by atoms with E-state index in [0.717, 1.165) is 25.3 Å². The summed E-state index contributed by atoms with van der Waals surface area (Å²) in [6, 6.07) is 0.552. The molecule has 1 atom stereocenters. The summed E-state index contributed by atoms with van der Waals surface area (Å²) < 4.78 is 0. The summed E-state index contributed by atoms with van der Waals surface area (Å²) in [7, 11) is 0. The summed E-state index contributed by atoms with van der Waals surface area (Å²) in [5, 5.41) is 3.70. The molecule has 20 heavy (non-hydrogen) atoms. The second kappa shape index (κ2) is 7.72.